The fraction of sp³-hybridized carbons (Fsp3) is 0.714. The molecular weight excluding hydrogens is 746 g/mol. The number of hydrogen-bond donors (Lipinski definition) is 0. The summed E-state index contributed by atoms with van der Waals surface area (Å²) in [5.74, 6) is -5.70. The van der Waals surface area contributed by atoms with E-state index in [1.165, 1.54) is 0 Å². The minimum absolute atomic E-state index is 0. The average Bonchev–Trinajstić information content (AvgIpc) is 2.47. The molecule has 166 valence electrons. The second kappa shape index (κ2) is 19.4. The molecule has 0 aromatic heterocycles. The van der Waals surface area contributed by atoms with E-state index in [1.807, 2.05) is 0 Å². The summed E-state index contributed by atoms with van der Waals surface area (Å²) >= 11 is 0. The van der Waals surface area contributed by atoms with Crippen LogP contribution in [0.1, 0.15) is 0 Å². The van der Waals surface area contributed by atoms with Gasteiger partial charge in [0.15, 0.2) is 0 Å². The van der Waals surface area contributed by atoms with E-state index in [2.05, 4.69) is 0 Å². The SMILES string of the molecule is O=C([O-])CN(CCOCCOCCN(CC(=O)[O-])CC(=O)[O-])CC(=O)[O-].[Pt+2].[Pt+2]. The van der Waals surface area contributed by atoms with E-state index in [9.17, 15) is 39.6 Å². The normalized spacial score (nSPS) is 10.2. The van der Waals surface area contributed by atoms with Crippen LogP contribution in [0, 0.1) is 0 Å². The van der Waals surface area contributed by atoms with E-state index < -0.39 is 50.1 Å². The largest absolute Gasteiger partial charge is 2.00 e. The van der Waals surface area contributed by atoms with Crippen LogP contribution in [-0.4, -0.2) is 99.4 Å². The Hall–Kier alpha value is -0.903. The van der Waals surface area contributed by atoms with Gasteiger partial charge in [-0.1, -0.05) is 0 Å². The monoisotopic (exact) mass is 766 g/mol. The number of carbonyl (C=O) groups is 4. The van der Waals surface area contributed by atoms with Crippen molar-refractivity contribution in [3.05, 3.63) is 0 Å². The predicted molar refractivity (Wildman–Crippen MR) is 74.5 cm³/mol. The molecule has 0 rings (SSSR count). The molecule has 0 heterocycles. The van der Waals surface area contributed by atoms with Gasteiger partial charge in [-0.15, -0.1) is 0 Å². The molecule has 0 radical (unpaired) electrons. The number of carboxylic acids is 4. The van der Waals surface area contributed by atoms with E-state index >= 15 is 0 Å². The zero-order valence-corrected chi connectivity index (χ0v) is 19.2. The van der Waals surface area contributed by atoms with Gasteiger partial charge in [-0.3, -0.25) is 9.80 Å². The molecule has 0 fully saturated rings. The zero-order valence-electron chi connectivity index (χ0n) is 14.7. The standard InChI is InChI=1S/C14H24N2O10.2Pt/c17-11(18)7-15(8-12(19)20)1-3-25-5-6-26-4-2-16(9-13(21)22)10-14(23)24;;/h1-10H2,(H,17,18)(H,19,20)(H,21,22)(H,23,24);;/q;2*+2/p-4. The first-order valence-electron chi connectivity index (χ1n) is 7.60. The maximum atomic E-state index is 10.5. The van der Waals surface area contributed by atoms with Gasteiger partial charge in [0.1, 0.15) is 0 Å². The van der Waals surface area contributed by atoms with Crippen LogP contribution in [0.4, 0.5) is 0 Å². The Morgan fingerprint density at radius 2 is 0.786 bits per heavy atom. The summed E-state index contributed by atoms with van der Waals surface area (Å²) < 4.78 is 10.3. The fourth-order valence-corrected chi connectivity index (χ4v) is 1.87. The second-order valence-corrected chi connectivity index (χ2v) is 5.13. The van der Waals surface area contributed by atoms with Gasteiger partial charge in [0.2, 0.25) is 0 Å². The Morgan fingerprint density at radius 1 is 0.536 bits per heavy atom. The van der Waals surface area contributed by atoms with E-state index in [4.69, 9.17) is 9.47 Å². The average molecular weight is 766 g/mol. The van der Waals surface area contributed by atoms with E-state index in [-0.39, 0.29) is 81.6 Å². The molecule has 28 heavy (non-hydrogen) atoms. The quantitative estimate of drug-likeness (QED) is 0.128. The molecule has 0 unspecified atom stereocenters. The van der Waals surface area contributed by atoms with Gasteiger partial charge in [0.25, 0.3) is 0 Å². The minimum Gasteiger partial charge on any atom is -0.549 e. The Bertz CT molecular complexity index is 407. The van der Waals surface area contributed by atoms with Crippen LogP contribution in [0.25, 0.3) is 0 Å². The summed E-state index contributed by atoms with van der Waals surface area (Å²) in [5, 5.41) is 41.9. The number of carbonyl (C=O) groups excluding carboxylic acids is 4. The second-order valence-electron chi connectivity index (χ2n) is 5.13. The van der Waals surface area contributed by atoms with Crippen molar-refractivity contribution in [2.24, 2.45) is 0 Å². The van der Waals surface area contributed by atoms with E-state index in [0.29, 0.717) is 0 Å². The Balaban J connectivity index is -0.00000312. The van der Waals surface area contributed by atoms with Gasteiger partial charge in [-0.05, 0) is 0 Å². The van der Waals surface area contributed by atoms with Crippen LogP contribution >= 0.6 is 0 Å². The summed E-state index contributed by atoms with van der Waals surface area (Å²) in [4.78, 5) is 44.0. The summed E-state index contributed by atoms with van der Waals surface area (Å²) in [5.41, 5.74) is 0. The number of carboxylic acid groups (broad SMARTS) is 4. The first-order chi connectivity index (χ1) is 12.2. The molecule has 0 aliphatic heterocycles. The summed E-state index contributed by atoms with van der Waals surface area (Å²) in [6, 6.07) is 0. The van der Waals surface area contributed by atoms with Crippen LogP contribution in [0.2, 0.25) is 0 Å². The molecule has 0 bridgehead atoms. The number of rotatable bonds is 17. The third-order valence-corrected chi connectivity index (χ3v) is 2.89. The van der Waals surface area contributed by atoms with Crippen molar-refractivity contribution in [1.82, 2.24) is 9.80 Å². The molecule has 0 N–H and O–H groups in total. The zero-order chi connectivity index (χ0) is 19.9. The third kappa shape index (κ3) is 21.4. The van der Waals surface area contributed by atoms with E-state index in [1.54, 1.807) is 0 Å². The molecule has 0 aromatic carbocycles. The molecule has 0 saturated heterocycles. The molecular formula is C14H20N2O10Pt2. The fourth-order valence-electron chi connectivity index (χ4n) is 1.87. The van der Waals surface area contributed by atoms with Gasteiger partial charge in [0, 0.05) is 39.3 Å². The number of nitrogens with zero attached hydrogens (tertiary/aromatic N) is 2. The molecule has 0 aliphatic carbocycles. The van der Waals surface area contributed by atoms with Crippen molar-refractivity contribution < 1.29 is 91.2 Å². The van der Waals surface area contributed by atoms with Crippen molar-refractivity contribution >= 4 is 23.9 Å². The van der Waals surface area contributed by atoms with Crippen LogP contribution in [0.15, 0.2) is 0 Å². The van der Waals surface area contributed by atoms with Crippen molar-refractivity contribution in [3.63, 3.8) is 0 Å². The Labute approximate surface area is 190 Å². The summed E-state index contributed by atoms with van der Waals surface area (Å²) in [6.07, 6.45) is 0. The Kier molecular flexibility index (Phi) is 22.0. The summed E-state index contributed by atoms with van der Waals surface area (Å²) in [6.45, 7) is -1.88. The Morgan fingerprint density at radius 3 is 1.00 bits per heavy atom. The molecule has 0 saturated carbocycles. The third-order valence-electron chi connectivity index (χ3n) is 2.89. The maximum absolute atomic E-state index is 10.5. The topological polar surface area (TPSA) is 185 Å². The first kappa shape index (κ1) is 31.8. The van der Waals surface area contributed by atoms with Crippen LogP contribution in [0.3, 0.4) is 0 Å². The predicted octanol–water partition coefficient (Wildman–Crippen LogP) is -7.38. The van der Waals surface area contributed by atoms with Crippen LogP contribution < -0.4 is 20.4 Å². The van der Waals surface area contributed by atoms with Crippen LogP contribution in [-0.2, 0) is 70.8 Å². The van der Waals surface area contributed by atoms with Crippen molar-refractivity contribution in [2.45, 2.75) is 0 Å². The van der Waals surface area contributed by atoms with Crippen molar-refractivity contribution in [3.8, 4) is 0 Å². The smallest absolute Gasteiger partial charge is 0.549 e. The summed E-state index contributed by atoms with van der Waals surface area (Å²) in [7, 11) is 0. The maximum Gasteiger partial charge on any atom is 2.00 e. The minimum atomic E-state index is -1.42. The molecule has 12 nitrogen and oxygen atoms in total. The molecule has 0 aromatic rings. The van der Waals surface area contributed by atoms with E-state index in [0.717, 1.165) is 9.80 Å². The van der Waals surface area contributed by atoms with Gasteiger partial charge in [0.05, 0.1) is 50.3 Å². The van der Waals surface area contributed by atoms with Crippen molar-refractivity contribution in [2.75, 3.05) is 65.7 Å². The first-order valence-corrected chi connectivity index (χ1v) is 7.60. The molecule has 0 amide bonds. The number of hydrogen-bond acceptors (Lipinski definition) is 12. The van der Waals surface area contributed by atoms with Gasteiger partial charge >= 0.3 is 42.1 Å². The molecule has 0 atom stereocenters. The molecule has 14 heteroatoms. The van der Waals surface area contributed by atoms with Gasteiger partial charge in [-0.25, -0.2) is 0 Å². The van der Waals surface area contributed by atoms with Crippen molar-refractivity contribution in [1.29, 1.82) is 0 Å². The van der Waals surface area contributed by atoms with Crippen LogP contribution in [0.5, 0.6) is 0 Å². The number of aliphatic carboxylic acids is 4. The van der Waals surface area contributed by atoms with Gasteiger partial charge < -0.3 is 49.1 Å². The van der Waals surface area contributed by atoms with Gasteiger partial charge in [-0.2, -0.15) is 0 Å². The molecule has 0 spiro atoms. The molecule has 0 aliphatic rings. The number of ether oxygens (including phenoxy) is 2.